The van der Waals surface area contributed by atoms with Crippen molar-refractivity contribution in [2.24, 2.45) is 0 Å². The quantitative estimate of drug-likeness (QED) is 0.0199. The summed E-state index contributed by atoms with van der Waals surface area (Å²) in [4.78, 5) is 13.4. The summed E-state index contributed by atoms with van der Waals surface area (Å²) < 4.78 is 34.3. The molecule has 3 aliphatic heterocycles. The van der Waals surface area contributed by atoms with E-state index in [1.54, 1.807) is 6.08 Å². The third kappa shape index (κ3) is 39.6. The average Bonchev–Trinajstić information content (AvgIpc) is 0.785. The number of rotatable bonds is 55. The maximum Gasteiger partial charge on any atom is 0.220 e. The number of hydrogen-bond donors (Lipinski definition) is 12. The number of unbranched alkanes of at least 4 members (excludes halogenated alkanes) is 15. The second-order valence-corrected chi connectivity index (χ2v) is 25.7. The number of nitrogens with one attached hydrogen (secondary N) is 1. The Labute approximate surface area is 593 Å². The molecule has 0 aromatic rings. The lowest BCUT2D eigenvalue weighted by molar-refractivity contribution is -0.379. The molecular formula is C80H129NO18. The number of aliphatic hydroxyl groups is 11. The molecule has 562 valence electrons. The van der Waals surface area contributed by atoms with Crippen molar-refractivity contribution in [3.05, 3.63) is 158 Å². The maximum absolute atomic E-state index is 13.4. The van der Waals surface area contributed by atoms with E-state index >= 15 is 0 Å². The lowest BCUT2D eigenvalue weighted by atomic mass is 9.96. The van der Waals surface area contributed by atoms with E-state index in [4.69, 9.17) is 28.4 Å². The molecule has 17 atom stereocenters. The minimum atomic E-state index is -1.99. The zero-order valence-corrected chi connectivity index (χ0v) is 59.6. The largest absolute Gasteiger partial charge is 0.394 e. The van der Waals surface area contributed by atoms with Gasteiger partial charge in [0.05, 0.1) is 38.6 Å². The van der Waals surface area contributed by atoms with E-state index in [0.717, 1.165) is 135 Å². The van der Waals surface area contributed by atoms with Gasteiger partial charge in [-0.25, -0.2) is 0 Å². The van der Waals surface area contributed by atoms with Gasteiger partial charge in [0.15, 0.2) is 18.9 Å². The Kier molecular flexibility index (Phi) is 52.7. The van der Waals surface area contributed by atoms with Crippen molar-refractivity contribution >= 4 is 5.91 Å². The topological polar surface area (TPSA) is 307 Å². The summed E-state index contributed by atoms with van der Waals surface area (Å²) in [6, 6.07) is -1.01. The highest BCUT2D eigenvalue weighted by Crippen LogP contribution is 2.33. The zero-order chi connectivity index (χ0) is 71.8. The fourth-order valence-electron chi connectivity index (χ4n) is 11.3. The van der Waals surface area contributed by atoms with Crippen LogP contribution in [0.5, 0.6) is 0 Å². The maximum atomic E-state index is 13.4. The highest BCUT2D eigenvalue weighted by molar-refractivity contribution is 5.76. The summed E-state index contributed by atoms with van der Waals surface area (Å²) in [7, 11) is 0. The van der Waals surface area contributed by atoms with Gasteiger partial charge in [-0.3, -0.25) is 4.79 Å². The number of carbonyl (C=O) groups is 1. The van der Waals surface area contributed by atoms with Gasteiger partial charge in [0, 0.05) is 6.42 Å². The first-order chi connectivity index (χ1) is 48.3. The van der Waals surface area contributed by atoms with Gasteiger partial charge in [0.25, 0.3) is 0 Å². The summed E-state index contributed by atoms with van der Waals surface area (Å²) in [6.45, 7) is 1.54. The van der Waals surface area contributed by atoms with Gasteiger partial charge in [-0.05, 0) is 116 Å². The van der Waals surface area contributed by atoms with Crippen molar-refractivity contribution in [3.63, 3.8) is 0 Å². The molecule has 3 rings (SSSR count). The van der Waals surface area contributed by atoms with Crippen molar-refractivity contribution in [1.82, 2.24) is 5.32 Å². The number of carbonyl (C=O) groups excluding carboxylic acids is 1. The molecule has 12 N–H and O–H groups in total. The molecule has 19 heteroatoms. The SMILES string of the molecule is CC/C=C\C/C=C\C/C=C\C/C=C\C/C=C\C/C=C\C/C=C\C/C=C\C/C=C\C/C=C\C/C=C\CCCCCCCCCC(=O)NC(COC1OC(CO)C(OC2OC(CO)C(OC3OC(CO)C(O)C(O)C3O)C(O)C2O)C(O)C1O)C(O)/C=C/CC/C=C/CCCCCCCCC. The lowest BCUT2D eigenvalue weighted by Crippen LogP contribution is -2.66. The lowest BCUT2D eigenvalue weighted by Gasteiger charge is -2.48. The Hall–Kier alpha value is -4.59. The van der Waals surface area contributed by atoms with Crippen LogP contribution in [0.2, 0.25) is 0 Å². The molecule has 0 radical (unpaired) electrons. The Morgan fingerprint density at radius 2 is 0.707 bits per heavy atom. The first kappa shape index (κ1) is 88.6. The predicted molar refractivity (Wildman–Crippen MR) is 392 cm³/mol. The third-order valence-electron chi connectivity index (χ3n) is 17.3. The van der Waals surface area contributed by atoms with E-state index in [2.05, 4.69) is 165 Å². The number of hydrogen-bond acceptors (Lipinski definition) is 18. The molecule has 0 aromatic carbocycles. The highest BCUT2D eigenvalue weighted by atomic mass is 16.8. The molecule has 0 spiro atoms. The van der Waals surface area contributed by atoms with Crippen LogP contribution in [0.15, 0.2) is 158 Å². The summed E-state index contributed by atoms with van der Waals surface area (Å²) >= 11 is 0. The summed E-state index contributed by atoms with van der Waals surface area (Å²) in [5.74, 6) is -0.305. The van der Waals surface area contributed by atoms with Crippen LogP contribution >= 0.6 is 0 Å². The molecule has 0 aliphatic carbocycles. The Balaban J connectivity index is 1.34. The van der Waals surface area contributed by atoms with Crippen molar-refractivity contribution < 1.29 is 89.4 Å². The van der Waals surface area contributed by atoms with Gasteiger partial charge in [0.1, 0.15) is 73.2 Å². The summed E-state index contributed by atoms with van der Waals surface area (Å²) in [5.41, 5.74) is 0. The summed E-state index contributed by atoms with van der Waals surface area (Å²) in [6.07, 6.45) is 59.5. The van der Waals surface area contributed by atoms with E-state index < -0.39 is 124 Å². The second-order valence-electron chi connectivity index (χ2n) is 25.7. The van der Waals surface area contributed by atoms with Gasteiger partial charge in [-0.15, -0.1) is 0 Å². The molecule has 3 fully saturated rings. The molecular weight excluding hydrogens is 1260 g/mol. The van der Waals surface area contributed by atoms with Crippen molar-refractivity contribution in [2.45, 2.75) is 311 Å². The third-order valence-corrected chi connectivity index (χ3v) is 17.3. The molecule has 3 heterocycles. The van der Waals surface area contributed by atoms with E-state index in [1.807, 2.05) is 6.08 Å². The first-order valence-electron chi connectivity index (χ1n) is 37.2. The predicted octanol–water partition coefficient (Wildman–Crippen LogP) is 11.3. The molecule has 19 nitrogen and oxygen atoms in total. The van der Waals surface area contributed by atoms with Crippen LogP contribution in [-0.2, 0) is 33.2 Å². The molecule has 17 unspecified atom stereocenters. The number of ether oxygens (including phenoxy) is 6. The fraction of sp³-hybridized carbons (Fsp3) is 0.662. The molecule has 3 aliphatic rings. The minimum Gasteiger partial charge on any atom is -0.394 e. The number of amides is 1. The van der Waals surface area contributed by atoms with Crippen LogP contribution in [0.1, 0.15) is 206 Å². The number of allylic oxidation sites excluding steroid dienone is 25. The first-order valence-corrected chi connectivity index (χ1v) is 37.2. The van der Waals surface area contributed by atoms with Crippen LogP contribution in [0.25, 0.3) is 0 Å². The standard InChI is InChI=1S/C80H129NO18/c1-3-5-7-9-11-13-15-17-18-19-20-21-22-23-24-25-26-27-28-29-30-31-32-33-34-35-36-37-38-39-40-41-42-43-44-46-48-50-52-54-56-58-68(86)81-63(64(85)57-55-53-51-49-47-45-16-14-12-10-8-6-4-2)62-94-78-74(92)71(89)76(66(60-83)96-78)99-80-75(93)72(90)77(67(61-84)97-80)98-79-73(91)70(88)69(87)65(59-82)95-79/h5,7,11,13,17-18,20-21,23-24,26-27,29-30,32-33,35-36,38-39,41-42,47,49,55,57,63-67,69-80,82-85,87-93H,3-4,6,8-10,12,14-16,19,22,25,28,31,34,37,40,43-46,48,50-54,56,58-62H2,1-2H3,(H,81,86)/b7-5-,13-11-,18-17-,21-20-,24-23-,27-26-,30-29-,33-32-,36-35-,39-38-,42-41-,49-47+,57-55+. The Bertz CT molecular complexity index is 2410. The van der Waals surface area contributed by atoms with E-state index in [1.165, 1.54) is 38.5 Å². The molecule has 0 aromatic heterocycles. The van der Waals surface area contributed by atoms with E-state index in [0.29, 0.717) is 12.8 Å². The van der Waals surface area contributed by atoms with E-state index in [-0.39, 0.29) is 18.9 Å². The number of aliphatic hydroxyl groups excluding tert-OH is 11. The van der Waals surface area contributed by atoms with Crippen LogP contribution < -0.4 is 5.32 Å². The summed E-state index contributed by atoms with van der Waals surface area (Å²) in [5, 5.41) is 120. The monoisotopic (exact) mass is 1390 g/mol. The Morgan fingerprint density at radius 1 is 0.374 bits per heavy atom. The molecule has 0 bridgehead atoms. The fourth-order valence-corrected chi connectivity index (χ4v) is 11.3. The van der Waals surface area contributed by atoms with Crippen molar-refractivity contribution in [1.29, 1.82) is 0 Å². The van der Waals surface area contributed by atoms with Crippen molar-refractivity contribution in [2.75, 3.05) is 26.4 Å². The highest BCUT2D eigenvalue weighted by Gasteiger charge is 2.53. The van der Waals surface area contributed by atoms with Gasteiger partial charge >= 0.3 is 0 Å². The van der Waals surface area contributed by atoms with Crippen LogP contribution in [0.3, 0.4) is 0 Å². The van der Waals surface area contributed by atoms with E-state index in [9.17, 15) is 61.0 Å². The zero-order valence-electron chi connectivity index (χ0n) is 59.6. The van der Waals surface area contributed by atoms with Gasteiger partial charge in [0.2, 0.25) is 5.91 Å². The average molecular weight is 1390 g/mol. The molecule has 99 heavy (non-hydrogen) atoms. The van der Waals surface area contributed by atoms with Gasteiger partial charge < -0.3 is 89.9 Å². The second kappa shape index (κ2) is 58.9. The normalized spacial score (nSPS) is 27.5. The van der Waals surface area contributed by atoms with Crippen LogP contribution in [0.4, 0.5) is 0 Å². The van der Waals surface area contributed by atoms with Gasteiger partial charge in [-0.2, -0.15) is 0 Å². The minimum absolute atomic E-state index is 0.212. The molecule has 3 saturated heterocycles. The molecule has 0 saturated carbocycles. The smallest absolute Gasteiger partial charge is 0.220 e. The van der Waals surface area contributed by atoms with Crippen LogP contribution in [-0.4, -0.2) is 193 Å². The van der Waals surface area contributed by atoms with Crippen LogP contribution in [0, 0.1) is 0 Å². The van der Waals surface area contributed by atoms with Gasteiger partial charge in [-0.1, -0.05) is 242 Å². The van der Waals surface area contributed by atoms with Crippen molar-refractivity contribution in [3.8, 4) is 0 Å². The molecule has 1 amide bonds. The Morgan fingerprint density at radius 3 is 1.13 bits per heavy atom.